The number of carbonyl (C=O) groups excluding carboxylic acids is 1. The third kappa shape index (κ3) is 4.26. The molecule has 1 saturated heterocycles. The van der Waals surface area contributed by atoms with Crippen LogP contribution in [0.4, 0.5) is 10.2 Å². The molecule has 1 aromatic heterocycles. The third-order valence-corrected chi connectivity index (χ3v) is 6.25. The van der Waals surface area contributed by atoms with Gasteiger partial charge in [-0.25, -0.2) is 9.80 Å². The Kier molecular flexibility index (Phi) is 5.68. The number of likely N-dealkylation sites (N-methyl/N-ethyl adjacent to an activating group) is 1. The SMILES string of the molecule is CN(C)C[C@H]1CCCN1C(=O)c1ccc(-n2cc(C3=Cc4ccccc4N(F)C3)nn2)cc1. The van der Waals surface area contributed by atoms with Gasteiger partial charge in [-0.1, -0.05) is 27.9 Å². The molecule has 5 rings (SSSR count). The van der Waals surface area contributed by atoms with Gasteiger partial charge in [-0.2, -0.15) is 0 Å². The predicted molar refractivity (Wildman–Crippen MR) is 127 cm³/mol. The lowest BCUT2D eigenvalue weighted by Gasteiger charge is -2.27. The zero-order valence-corrected chi connectivity index (χ0v) is 18.9. The fourth-order valence-corrected chi connectivity index (χ4v) is 4.63. The minimum Gasteiger partial charge on any atom is -0.334 e. The molecule has 0 saturated carbocycles. The molecular weight excluding hydrogens is 419 g/mol. The third-order valence-electron chi connectivity index (χ3n) is 6.25. The quantitative estimate of drug-likeness (QED) is 0.560. The molecule has 2 aliphatic rings. The summed E-state index contributed by atoms with van der Waals surface area (Å²) < 4.78 is 16.1. The van der Waals surface area contributed by atoms with Gasteiger partial charge in [0.2, 0.25) is 0 Å². The molecule has 0 N–H and O–H groups in total. The van der Waals surface area contributed by atoms with Crippen molar-refractivity contribution < 1.29 is 9.28 Å². The topological polar surface area (TPSA) is 57.5 Å². The average Bonchev–Trinajstić information content (AvgIpc) is 3.48. The van der Waals surface area contributed by atoms with Crippen LogP contribution in [-0.2, 0) is 0 Å². The monoisotopic (exact) mass is 446 g/mol. The van der Waals surface area contributed by atoms with Crippen LogP contribution < -0.4 is 5.12 Å². The lowest BCUT2D eigenvalue weighted by Crippen LogP contribution is -2.41. The van der Waals surface area contributed by atoms with Crippen LogP contribution in [0.5, 0.6) is 0 Å². The zero-order chi connectivity index (χ0) is 22.9. The summed E-state index contributed by atoms with van der Waals surface area (Å²) in [6.07, 6.45) is 5.82. The summed E-state index contributed by atoms with van der Waals surface area (Å²) in [6, 6.07) is 15.0. The molecule has 3 heterocycles. The highest BCUT2D eigenvalue weighted by Crippen LogP contribution is 2.32. The maximum Gasteiger partial charge on any atom is 0.254 e. The van der Waals surface area contributed by atoms with Crippen molar-refractivity contribution >= 4 is 23.2 Å². The van der Waals surface area contributed by atoms with Gasteiger partial charge in [0, 0.05) is 35.8 Å². The maximum absolute atomic E-state index is 14.5. The van der Waals surface area contributed by atoms with Gasteiger partial charge in [-0.05, 0) is 63.3 Å². The Balaban J connectivity index is 1.33. The van der Waals surface area contributed by atoms with Gasteiger partial charge in [0.1, 0.15) is 5.69 Å². The molecule has 2 aliphatic heterocycles. The fourth-order valence-electron chi connectivity index (χ4n) is 4.63. The Morgan fingerprint density at radius 2 is 1.94 bits per heavy atom. The molecule has 2 aromatic carbocycles. The molecule has 170 valence electrons. The molecule has 8 heteroatoms. The molecule has 33 heavy (non-hydrogen) atoms. The minimum atomic E-state index is 0.0687. The Labute approximate surface area is 192 Å². The van der Waals surface area contributed by atoms with Crippen molar-refractivity contribution in [2.24, 2.45) is 0 Å². The smallest absolute Gasteiger partial charge is 0.254 e. The van der Waals surface area contributed by atoms with E-state index in [1.54, 1.807) is 16.9 Å². The van der Waals surface area contributed by atoms with E-state index < -0.39 is 0 Å². The van der Waals surface area contributed by atoms with Gasteiger partial charge in [-0.15, -0.1) is 5.10 Å². The summed E-state index contributed by atoms with van der Waals surface area (Å²) in [6.45, 7) is 1.80. The first-order valence-electron chi connectivity index (χ1n) is 11.2. The maximum atomic E-state index is 14.5. The highest BCUT2D eigenvalue weighted by atomic mass is 19.2. The number of hydrogen-bond donors (Lipinski definition) is 0. The number of amides is 1. The van der Waals surface area contributed by atoms with Crippen molar-refractivity contribution in [2.75, 3.05) is 38.9 Å². The van der Waals surface area contributed by atoms with Crippen LogP contribution in [0.15, 0.2) is 54.7 Å². The van der Waals surface area contributed by atoms with Crippen LogP contribution in [0.1, 0.15) is 34.5 Å². The van der Waals surface area contributed by atoms with Crippen molar-refractivity contribution in [1.29, 1.82) is 0 Å². The second-order valence-corrected chi connectivity index (χ2v) is 8.90. The van der Waals surface area contributed by atoms with Crippen LogP contribution in [0.3, 0.4) is 0 Å². The normalized spacial score (nSPS) is 17.9. The van der Waals surface area contributed by atoms with Crippen LogP contribution in [0.2, 0.25) is 0 Å². The van der Waals surface area contributed by atoms with Crippen molar-refractivity contribution in [2.45, 2.75) is 18.9 Å². The number of rotatable bonds is 5. The van der Waals surface area contributed by atoms with E-state index in [1.165, 1.54) is 0 Å². The molecule has 0 unspecified atom stereocenters. The number of hydrogen-bond acceptors (Lipinski definition) is 5. The fraction of sp³-hybridized carbons (Fsp3) is 0.320. The van der Waals surface area contributed by atoms with Gasteiger partial charge in [0.15, 0.2) is 0 Å². The van der Waals surface area contributed by atoms with E-state index in [0.29, 0.717) is 16.9 Å². The number of halogens is 1. The number of likely N-dealkylation sites (tertiary alicyclic amines) is 1. The van der Waals surface area contributed by atoms with E-state index in [-0.39, 0.29) is 18.5 Å². The number of nitrogens with zero attached hydrogens (tertiary/aromatic N) is 6. The van der Waals surface area contributed by atoms with Gasteiger partial charge in [-0.3, -0.25) is 4.79 Å². The van der Waals surface area contributed by atoms with Crippen LogP contribution in [0.25, 0.3) is 17.3 Å². The summed E-state index contributed by atoms with van der Waals surface area (Å²) >= 11 is 0. The van der Waals surface area contributed by atoms with E-state index in [4.69, 9.17) is 0 Å². The molecule has 0 spiro atoms. The molecule has 3 aromatic rings. The lowest BCUT2D eigenvalue weighted by molar-refractivity contribution is 0.0716. The Bertz CT molecular complexity index is 1190. The standard InChI is InChI=1S/C25H27FN6O/c1-29(2)16-22-7-5-13-30(22)25(33)18-9-11-21(12-10-18)32-17-23(27-28-32)20-14-19-6-3-4-8-24(19)31(26)15-20/h3-4,6,8-12,14,17,22H,5,7,13,15-16H2,1-2H3/t22-/m1/s1. The molecule has 0 bridgehead atoms. The second-order valence-electron chi connectivity index (χ2n) is 8.90. The molecule has 1 atom stereocenters. The first-order chi connectivity index (χ1) is 16.0. The average molecular weight is 447 g/mol. The van der Waals surface area contributed by atoms with Gasteiger partial charge in [0.25, 0.3) is 5.91 Å². The van der Waals surface area contributed by atoms with Gasteiger partial charge >= 0.3 is 0 Å². The van der Waals surface area contributed by atoms with E-state index >= 15 is 0 Å². The largest absolute Gasteiger partial charge is 0.334 e. The Hall–Kier alpha value is -3.52. The van der Waals surface area contributed by atoms with Crippen molar-refractivity contribution in [3.63, 3.8) is 0 Å². The number of benzene rings is 2. The first kappa shape index (κ1) is 21.3. The van der Waals surface area contributed by atoms with Gasteiger partial charge < -0.3 is 9.80 Å². The van der Waals surface area contributed by atoms with Crippen molar-refractivity contribution in [3.8, 4) is 5.69 Å². The van der Waals surface area contributed by atoms with E-state index in [9.17, 15) is 9.28 Å². The first-order valence-corrected chi connectivity index (χ1v) is 11.2. The molecule has 1 amide bonds. The number of para-hydroxylation sites is 1. The zero-order valence-electron chi connectivity index (χ0n) is 18.9. The summed E-state index contributed by atoms with van der Waals surface area (Å²) in [5, 5.41) is 9.20. The summed E-state index contributed by atoms with van der Waals surface area (Å²) in [5.74, 6) is 0.0687. The Morgan fingerprint density at radius 3 is 2.73 bits per heavy atom. The van der Waals surface area contributed by atoms with Crippen molar-refractivity contribution in [3.05, 3.63) is 71.5 Å². The predicted octanol–water partition coefficient (Wildman–Crippen LogP) is 3.68. The molecule has 0 aliphatic carbocycles. The number of aromatic nitrogens is 3. The summed E-state index contributed by atoms with van der Waals surface area (Å²) in [5.41, 5.74) is 4.22. The lowest BCUT2D eigenvalue weighted by atomic mass is 10.0. The van der Waals surface area contributed by atoms with E-state index in [1.807, 2.05) is 67.5 Å². The van der Waals surface area contributed by atoms with E-state index in [2.05, 4.69) is 15.2 Å². The van der Waals surface area contributed by atoms with Crippen LogP contribution in [0, 0.1) is 0 Å². The molecule has 7 nitrogen and oxygen atoms in total. The number of carbonyl (C=O) groups is 1. The van der Waals surface area contributed by atoms with Crippen LogP contribution >= 0.6 is 0 Å². The molecule has 0 radical (unpaired) electrons. The highest BCUT2D eigenvalue weighted by molar-refractivity contribution is 5.95. The molecular formula is C25H27FN6O. The second kappa shape index (κ2) is 8.78. The van der Waals surface area contributed by atoms with Gasteiger partial charge in [0.05, 0.1) is 24.1 Å². The Morgan fingerprint density at radius 1 is 1.15 bits per heavy atom. The van der Waals surface area contributed by atoms with Crippen LogP contribution in [-0.4, -0.2) is 70.5 Å². The summed E-state index contributed by atoms with van der Waals surface area (Å²) in [4.78, 5) is 17.2. The number of fused-ring (bicyclic) bond motifs is 1. The molecule has 1 fully saturated rings. The summed E-state index contributed by atoms with van der Waals surface area (Å²) in [7, 11) is 4.07. The van der Waals surface area contributed by atoms with E-state index in [0.717, 1.165) is 47.9 Å². The minimum absolute atomic E-state index is 0.0687. The highest BCUT2D eigenvalue weighted by Gasteiger charge is 2.29. The van der Waals surface area contributed by atoms with Crippen molar-refractivity contribution in [1.82, 2.24) is 24.8 Å². The number of anilines is 1.